The first-order valence-electron chi connectivity index (χ1n) is 6.46. The minimum absolute atomic E-state index is 0.0165. The molecule has 0 spiro atoms. The average molecular weight is 284 g/mol. The van der Waals surface area contributed by atoms with Gasteiger partial charge in [-0.1, -0.05) is 35.6 Å². The number of nitrogens with zero attached hydrogens (tertiary/aromatic N) is 4. The van der Waals surface area contributed by atoms with Crippen molar-refractivity contribution in [1.29, 1.82) is 0 Å². The standard InChI is InChI=1S/C14H12N4OS/c19-13(12-8-18-14(16-12)20-9-15-18)17-6-5-10-3-1-2-4-11(10)7-17/h1-4,8-9H,5-7H2. The summed E-state index contributed by atoms with van der Waals surface area (Å²) in [5.41, 5.74) is 4.76. The molecule has 0 fully saturated rings. The Labute approximate surface area is 119 Å². The molecule has 3 heterocycles. The minimum Gasteiger partial charge on any atom is -0.333 e. The molecule has 1 amide bonds. The molecule has 20 heavy (non-hydrogen) atoms. The Balaban J connectivity index is 1.62. The molecule has 0 saturated heterocycles. The van der Waals surface area contributed by atoms with Crippen LogP contribution in [0, 0.1) is 0 Å². The first kappa shape index (κ1) is 11.6. The van der Waals surface area contributed by atoms with Crippen LogP contribution in [0.5, 0.6) is 0 Å². The maximum Gasteiger partial charge on any atom is 0.274 e. The Morgan fingerprint density at radius 1 is 1.25 bits per heavy atom. The van der Waals surface area contributed by atoms with Gasteiger partial charge in [-0.05, 0) is 17.5 Å². The summed E-state index contributed by atoms with van der Waals surface area (Å²) in [6.45, 7) is 1.40. The predicted octanol–water partition coefficient (Wildman–Crippen LogP) is 1.99. The van der Waals surface area contributed by atoms with E-state index in [9.17, 15) is 4.79 Å². The quantitative estimate of drug-likeness (QED) is 0.686. The van der Waals surface area contributed by atoms with Crippen LogP contribution in [0.3, 0.4) is 0 Å². The molecule has 100 valence electrons. The summed E-state index contributed by atoms with van der Waals surface area (Å²) in [7, 11) is 0. The van der Waals surface area contributed by atoms with Gasteiger partial charge in [0.05, 0.1) is 6.20 Å². The molecule has 5 nitrogen and oxygen atoms in total. The second-order valence-electron chi connectivity index (χ2n) is 4.84. The SMILES string of the molecule is O=C(c1cn2ncsc2n1)N1CCc2ccccc2C1. The molecule has 0 aliphatic carbocycles. The number of carbonyl (C=O) groups is 1. The second kappa shape index (κ2) is 4.42. The van der Waals surface area contributed by atoms with Gasteiger partial charge in [-0.15, -0.1) is 0 Å². The van der Waals surface area contributed by atoms with Crippen molar-refractivity contribution in [2.75, 3.05) is 6.54 Å². The van der Waals surface area contributed by atoms with Gasteiger partial charge in [-0.3, -0.25) is 4.79 Å². The van der Waals surface area contributed by atoms with Crippen molar-refractivity contribution in [2.45, 2.75) is 13.0 Å². The van der Waals surface area contributed by atoms with Crippen molar-refractivity contribution in [3.05, 3.63) is 52.8 Å². The van der Waals surface area contributed by atoms with Crippen LogP contribution in [0.4, 0.5) is 0 Å². The Hall–Kier alpha value is -2.21. The summed E-state index contributed by atoms with van der Waals surface area (Å²) >= 11 is 1.43. The van der Waals surface area contributed by atoms with Crippen LogP contribution >= 0.6 is 11.3 Å². The van der Waals surface area contributed by atoms with Gasteiger partial charge in [0.1, 0.15) is 11.2 Å². The van der Waals surface area contributed by atoms with E-state index in [1.165, 1.54) is 22.5 Å². The summed E-state index contributed by atoms with van der Waals surface area (Å²) in [5.74, 6) is -0.0165. The third kappa shape index (κ3) is 1.80. The first-order chi connectivity index (χ1) is 9.81. The van der Waals surface area contributed by atoms with Crippen LogP contribution < -0.4 is 0 Å². The zero-order chi connectivity index (χ0) is 13.5. The summed E-state index contributed by atoms with van der Waals surface area (Å²) in [6, 6.07) is 8.28. The lowest BCUT2D eigenvalue weighted by atomic mass is 10.00. The largest absolute Gasteiger partial charge is 0.333 e. The maximum absolute atomic E-state index is 12.5. The number of hydrogen-bond donors (Lipinski definition) is 0. The lowest BCUT2D eigenvalue weighted by Crippen LogP contribution is -2.36. The third-order valence-corrected chi connectivity index (χ3v) is 4.31. The predicted molar refractivity (Wildman–Crippen MR) is 75.8 cm³/mol. The van der Waals surface area contributed by atoms with Crippen LogP contribution in [0.25, 0.3) is 4.96 Å². The van der Waals surface area contributed by atoms with E-state index in [1.54, 1.807) is 16.2 Å². The van der Waals surface area contributed by atoms with E-state index < -0.39 is 0 Å². The zero-order valence-corrected chi connectivity index (χ0v) is 11.5. The second-order valence-corrected chi connectivity index (χ2v) is 5.65. The summed E-state index contributed by atoms with van der Waals surface area (Å²) in [5, 5.41) is 4.10. The van der Waals surface area contributed by atoms with Gasteiger partial charge in [-0.25, -0.2) is 9.50 Å². The average Bonchev–Trinajstić information content (AvgIpc) is 3.07. The molecule has 6 heteroatoms. The fourth-order valence-corrected chi connectivity index (χ4v) is 3.17. The number of imidazole rings is 1. The first-order valence-corrected chi connectivity index (χ1v) is 7.34. The lowest BCUT2D eigenvalue weighted by molar-refractivity contribution is 0.0729. The van der Waals surface area contributed by atoms with Crippen LogP contribution in [0.15, 0.2) is 36.0 Å². The molecule has 0 radical (unpaired) electrons. The minimum atomic E-state index is -0.0165. The molecule has 1 aromatic carbocycles. The molecular weight excluding hydrogens is 272 g/mol. The van der Waals surface area contributed by atoms with E-state index in [4.69, 9.17) is 0 Å². The van der Waals surface area contributed by atoms with Gasteiger partial charge < -0.3 is 4.90 Å². The Morgan fingerprint density at radius 3 is 2.95 bits per heavy atom. The van der Waals surface area contributed by atoms with Crippen molar-refractivity contribution in [3.63, 3.8) is 0 Å². The van der Waals surface area contributed by atoms with Crippen LogP contribution in [0.2, 0.25) is 0 Å². The van der Waals surface area contributed by atoms with Crippen molar-refractivity contribution >= 4 is 22.2 Å². The number of benzene rings is 1. The molecule has 0 unspecified atom stereocenters. The van der Waals surface area contributed by atoms with E-state index in [0.29, 0.717) is 12.2 Å². The molecule has 0 atom stereocenters. The molecular formula is C14H12N4OS. The zero-order valence-electron chi connectivity index (χ0n) is 10.7. The smallest absolute Gasteiger partial charge is 0.274 e. The molecule has 4 rings (SSSR count). The van der Waals surface area contributed by atoms with E-state index in [2.05, 4.69) is 22.2 Å². The van der Waals surface area contributed by atoms with Gasteiger partial charge in [0.2, 0.25) is 4.96 Å². The van der Waals surface area contributed by atoms with Gasteiger partial charge in [0.25, 0.3) is 5.91 Å². The number of hydrogen-bond acceptors (Lipinski definition) is 4. The highest BCUT2D eigenvalue weighted by Gasteiger charge is 2.23. The fourth-order valence-electron chi connectivity index (χ4n) is 2.57. The molecule has 0 N–H and O–H groups in total. The van der Waals surface area contributed by atoms with Gasteiger partial charge in [0, 0.05) is 13.1 Å². The van der Waals surface area contributed by atoms with Gasteiger partial charge in [-0.2, -0.15) is 5.10 Å². The van der Waals surface area contributed by atoms with Crippen LogP contribution in [-0.4, -0.2) is 31.9 Å². The molecule has 1 aliphatic rings. The Bertz CT molecular complexity index is 763. The van der Waals surface area contributed by atoms with Crippen molar-refractivity contribution < 1.29 is 4.79 Å². The Morgan fingerprint density at radius 2 is 2.10 bits per heavy atom. The van der Waals surface area contributed by atoms with E-state index in [0.717, 1.165) is 17.9 Å². The highest BCUT2D eigenvalue weighted by molar-refractivity contribution is 7.14. The topological polar surface area (TPSA) is 50.5 Å². The van der Waals surface area contributed by atoms with Gasteiger partial charge >= 0.3 is 0 Å². The summed E-state index contributed by atoms with van der Waals surface area (Å²) in [4.78, 5) is 19.4. The maximum atomic E-state index is 12.5. The van der Waals surface area contributed by atoms with Gasteiger partial charge in [0.15, 0.2) is 0 Å². The highest BCUT2D eigenvalue weighted by Crippen LogP contribution is 2.20. The van der Waals surface area contributed by atoms with E-state index >= 15 is 0 Å². The fraction of sp³-hybridized carbons (Fsp3) is 0.214. The van der Waals surface area contributed by atoms with Crippen molar-refractivity contribution in [1.82, 2.24) is 19.5 Å². The number of rotatable bonds is 1. The number of aromatic nitrogens is 3. The summed E-state index contributed by atoms with van der Waals surface area (Å²) < 4.78 is 1.65. The van der Waals surface area contributed by atoms with E-state index in [1.807, 2.05) is 17.0 Å². The number of amides is 1. The van der Waals surface area contributed by atoms with Crippen molar-refractivity contribution in [2.24, 2.45) is 0 Å². The molecule has 2 aromatic heterocycles. The molecule has 0 saturated carbocycles. The van der Waals surface area contributed by atoms with E-state index in [-0.39, 0.29) is 5.91 Å². The van der Waals surface area contributed by atoms with Crippen LogP contribution in [0.1, 0.15) is 21.6 Å². The normalized spacial score (nSPS) is 14.5. The molecule has 0 bridgehead atoms. The number of fused-ring (bicyclic) bond motifs is 2. The molecule has 3 aromatic rings. The lowest BCUT2D eigenvalue weighted by Gasteiger charge is -2.28. The monoisotopic (exact) mass is 284 g/mol. The van der Waals surface area contributed by atoms with Crippen molar-refractivity contribution in [3.8, 4) is 0 Å². The Kier molecular flexibility index (Phi) is 2.56. The number of carbonyl (C=O) groups excluding carboxylic acids is 1. The molecule has 1 aliphatic heterocycles. The van der Waals surface area contributed by atoms with Crippen LogP contribution in [-0.2, 0) is 13.0 Å². The summed E-state index contributed by atoms with van der Waals surface area (Å²) in [6.07, 6.45) is 2.61. The third-order valence-electron chi connectivity index (χ3n) is 3.62. The highest BCUT2D eigenvalue weighted by atomic mass is 32.1.